The van der Waals surface area contributed by atoms with E-state index in [1.54, 1.807) is 35.4 Å². The van der Waals surface area contributed by atoms with Gasteiger partial charge >= 0.3 is 0 Å². The third-order valence-electron chi connectivity index (χ3n) is 4.75. The quantitative estimate of drug-likeness (QED) is 0.736. The summed E-state index contributed by atoms with van der Waals surface area (Å²) in [6.07, 6.45) is 5.58. The maximum absolute atomic E-state index is 12.7. The molecular weight excluding hydrogens is 318 g/mol. The number of rotatable bonds is 3. The molecule has 1 aromatic carbocycles. The number of aromatic nitrogens is 2. The monoisotopic (exact) mass is 337 g/mol. The molecule has 3 heterocycles. The Morgan fingerprint density at radius 2 is 2.00 bits per heavy atom. The Labute approximate surface area is 144 Å². The Morgan fingerprint density at radius 1 is 1.20 bits per heavy atom. The molecule has 4 rings (SSSR count). The molecule has 1 aliphatic rings. The van der Waals surface area contributed by atoms with Gasteiger partial charge in [0.25, 0.3) is 5.91 Å². The van der Waals surface area contributed by atoms with E-state index in [1.165, 1.54) is 6.07 Å². The average Bonchev–Trinajstić information content (AvgIpc) is 3.15. The molecule has 0 saturated carbocycles. The number of hydrogen-bond acceptors (Lipinski definition) is 4. The number of amides is 1. The van der Waals surface area contributed by atoms with Crippen LogP contribution >= 0.6 is 0 Å². The zero-order valence-electron chi connectivity index (χ0n) is 13.8. The fourth-order valence-electron chi connectivity index (χ4n) is 3.36. The van der Waals surface area contributed by atoms with Gasteiger partial charge in [-0.2, -0.15) is 5.10 Å². The summed E-state index contributed by atoms with van der Waals surface area (Å²) in [5.41, 5.74) is 0.269. The van der Waals surface area contributed by atoms with E-state index in [1.807, 2.05) is 16.9 Å². The topological polar surface area (TPSA) is 68.3 Å². The fourth-order valence-corrected chi connectivity index (χ4v) is 3.36. The van der Waals surface area contributed by atoms with Gasteiger partial charge < -0.3 is 9.32 Å². The van der Waals surface area contributed by atoms with Crippen molar-refractivity contribution in [3.05, 3.63) is 64.8 Å². The van der Waals surface area contributed by atoms with Gasteiger partial charge in [-0.25, -0.2) is 0 Å². The van der Waals surface area contributed by atoms with E-state index in [-0.39, 0.29) is 17.1 Å². The molecule has 0 radical (unpaired) electrons. The zero-order valence-corrected chi connectivity index (χ0v) is 13.8. The van der Waals surface area contributed by atoms with Gasteiger partial charge in [0.1, 0.15) is 5.58 Å². The van der Waals surface area contributed by atoms with Crippen molar-refractivity contribution in [3.8, 4) is 0 Å². The normalized spacial score (nSPS) is 15.6. The van der Waals surface area contributed by atoms with Gasteiger partial charge in [-0.05, 0) is 37.0 Å². The highest BCUT2D eigenvalue weighted by atomic mass is 16.3. The summed E-state index contributed by atoms with van der Waals surface area (Å²) in [4.78, 5) is 26.6. The van der Waals surface area contributed by atoms with E-state index in [9.17, 15) is 9.59 Å². The summed E-state index contributed by atoms with van der Waals surface area (Å²) in [6, 6.07) is 10.2. The summed E-state index contributed by atoms with van der Waals surface area (Å²) in [5, 5.41) is 4.73. The first-order valence-corrected chi connectivity index (χ1v) is 8.50. The van der Waals surface area contributed by atoms with Crippen LogP contribution in [0.25, 0.3) is 11.0 Å². The fraction of sp³-hybridized carbons (Fsp3) is 0.316. The van der Waals surface area contributed by atoms with Crippen LogP contribution in [0.15, 0.2) is 58.0 Å². The van der Waals surface area contributed by atoms with E-state index in [2.05, 4.69) is 5.10 Å². The van der Waals surface area contributed by atoms with Gasteiger partial charge in [0, 0.05) is 38.1 Å². The van der Waals surface area contributed by atoms with E-state index in [0.29, 0.717) is 30.0 Å². The number of nitrogens with zero attached hydrogens (tertiary/aromatic N) is 3. The predicted molar refractivity (Wildman–Crippen MR) is 93.3 cm³/mol. The Hall–Kier alpha value is -2.89. The first kappa shape index (κ1) is 15.6. The second-order valence-corrected chi connectivity index (χ2v) is 6.43. The van der Waals surface area contributed by atoms with Crippen LogP contribution in [-0.4, -0.2) is 33.7 Å². The van der Waals surface area contributed by atoms with E-state index in [4.69, 9.17) is 4.42 Å². The Kier molecular flexibility index (Phi) is 4.09. The summed E-state index contributed by atoms with van der Waals surface area (Å²) in [5.74, 6) is 0.419. The zero-order chi connectivity index (χ0) is 17.2. The standard InChI is InChI=1S/C19H19N3O3/c23-16-12-18(25-17-5-2-1-4-15(16)17)19(24)21-10-6-14(7-11-21)13-22-9-3-8-20-22/h1-5,8-9,12,14H,6-7,10-11,13H2. The van der Waals surface area contributed by atoms with Gasteiger partial charge in [-0.1, -0.05) is 12.1 Å². The summed E-state index contributed by atoms with van der Waals surface area (Å²) in [6.45, 7) is 2.21. The molecule has 1 aliphatic heterocycles. The van der Waals surface area contributed by atoms with Crippen LogP contribution in [0.3, 0.4) is 0 Å². The molecule has 25 heavy (non-hydrogen) atoms. The summed E-state index contributed by atoms with van der Waals surface area (Å²) < 4.78 is 7.60. The highest BCUT2D eigenvalue weighted by molar-refractivity contribution is 5.93. The number of carbonyl (C=O) groups is 1. The lowest BCUT2D eigenvalue weighted by Gasteiger charge is -2.31. The molecular formula is C19H19N3O3. The maximum Gasteiger partial charge on any atom is 0.289 e. The largest absolute Gasteiger partial charge is 0.451 e. The molecule has 0 unspecified atom stereocenters. The SMILES string of the molecule is O=C(c1cc(=O)c2ccccc2o1)N1CCC(Cn2cccn2)CC1. The molecule has 0 spiro atoms. The minimum absolute atomic E-state index is 0.120. The van der Waals surface area contributed by atoms with Crippen molar-refractivity contribution in [2.75, 3.05) is 13.1 Å². The number of piperidine rings is 1. The Balaban J connectivity index is 1.46. The van der Waals surface area contributed by atoms with Gasteiger partial charge in [0.15, 0.2) is 11.2 Å². The predicted octanol–water partition coefficient (Wildman–Crippen LogP) is 2.54. The third kappa shape index (κ3) is 3.20. The highest BCUT2D eigenvalue weighted by Crippen LogP contribution is 2.21. The van der Waals surface area contributed by atoms with Crippen LogP contribution in [0.5, 0.6) is 0 Å². The molecule has 6 heteroatoms. The molecule has 0 atom stereocenters. The molecule has 0 bridgehead atoms. The molecule has 0 aliphatic carbocycles. The Bertz CT molecular complexity index is 938. The highest BCUT2D eigenvalue weighted by Gasteiger charge is 2.25. The van der Waals surface area contributed by atoms with Crippen molar-refractivity contribution >= 4 is 16.9 Å². The van der Waals surface area contributed by atoms with E-state index in [0.717, 1.165) is 19.4 Å². The van der Waals surface area contributed by atoms with E-state index < -0.39 is 0 Å². The van der Waals surface area contributed by atoms with Crippen LogP contribution in [0.2, 0.25) is 0 Å². The molecule has 1 saturated heterocycles. The van der Waals surface area contributed by atoms with E-state index >= 15 is 0 Å². The number of hydrogen-bond donors (Lipinski definition) is 0. The van der Waals surface area contributed by atoms with Crippen LogP contribution in [-0.2, 0) is 6.54 Å². The second-order valence-electron chi connectivity index (χ2n) is 6.43. The van der Waals surface area contributed by atoms with Gasteiger partial charge in [-0.3, -0.25) is 14.3 Å². The average molecular weight is 337 g/mol. The summed E-state index contributed by atoms with van der Waals surface area (Å²) >= 11 is 0. The number of para-hydroxylation sites is 1. The van der Waals surface area contributed by atoms with Crippen molar-refractivity contribution in [1.29, 1.82) is 0 Å². The minimum Gasteiger partial charge on any atom is -0.451 e. The number of carbonyl (C=O) groups excluding carboxylic acids is 1. The molecule has 3 aromatic rings. The van der Waals surface area contributed by atoms with Crippen molar-refractivity contribution < 1.29 is 9.21 Å². The lowest BCUT2D eigenvalue weighted by Crippen LogP contribution is -2.39. The lowest BCUT2D eigenvalue weighted by molar-refractivity contribution is 0.0650. The van der Waals surface area contributed by atoms with Crippen LogP contribution < -0.4 is 5.43 Å². The maximum atomic E-state index is 12.7. The summed E-state index contributed by atoms with van der Waals surface area (Å²) in [7, 11) is 0. The molecule has 2 aromatic heterocycles. The number of fused-ring (bicyclic) bond motifs is 1. The lowest BCUT2D eigenvalue weighted by atomic mass is 9.96. The second kappa shape index (κ2) is 6.55. The molecule has 1 amide bonds. The molecule has 128 valence electrons. The first-order valence-electron chi connectivity index (χ1n) is 8.50. The van der Waals surface area contributed by atoms with Crippen molar-refractivity contribution in [1.82, 2.24) is 14.7 Å². The van der Waals surface area contributed by atoms with Crippen LogP contribution in [0, 0.1) is 5.92 Å². The number of likely N-dealkylation sites (tertiary alicyclic amines) is 1. The Morgan fingerprint density at radius 3 is 2.76 bits per heavy atom. The van der Waals surface area contributed by atoms with Crippen LogP contribution in [0.4, 0.5) is 0 Å². The van der Waals surface area contributed by atoms with Crippen molar-refractivity contribution in [2.24, 2.45) is 5.92 Å². The molecule has 6 nitrogen and oxygen atoms in total. The van der Waals surface area contributed by atoms with Crippen molar-refractivity contribution in [2.45, 2.75) is 19.4 Å². The smallest absolute Gasteiger partial charge is 0.289 e. The van der Waals surface area contributed by atoms with Gasteiger partial charge in [0.2, 0.25) is 0 Å². The van der Waals surface area contributed by atoms with Gasteiger partial charge in [-0.15, -0.1) is 0 Å². The molecule has 1 fully saturated rings. The first-order chi connectivity index (χ1) is 12.2. The van der Waals surface area contributed by atoms with Gasteiger partial charge in [0.05, 0.1) is 5.39 Å². The van der Waals surface area contributed by atoms with Crippen LogP contribution in [0.1, 0.15) is 23.4 Å². The number of benzene rings is 1. The van der Waals surface area contributed by atoms with Crippen molar-refractivity contribution in [3.63, 3.8) is 0 Å². The molecule has 0 N–H and O–H groups in total. The minimum atomic E-state index is -0.208. The third-order valence-corrected chi connectivity index (χ3v) is 4.75.